The molecular weight excluding hydrogens is 472 g/mol. The summed E-state index contributed by atoms with van der Waals surface area (Å²) < 4.78 is 5.86. The van der Waals surface area contributed by atoms with Gasteiger partial charge in [-0.2, -0.15) is 0 Å². The van der Waals surface area contributed by atoms with Crippen molar-refractivity contribution in [1.29, 1.82) is 0 Å². The molecule has 0 radical (unpaired) electrons. The van der Waals surface area contributed by atoms with Gasteiger partial charge in [-0.3, -0.25) is 4.79 Å². The number of hydrogen-bond donors (Lipinski definition) is 2. The minimum Gasteiger partial charge on any atom is -0.494 e. The number of aliphatic carboxylic acids is 1. The first-order valence-electron chi connectivity index (χ1n) is 12.0. The van der Waals surface area contributed by atoms with Gasteiger partial charge in [-0.1, -0.05) is 66.2 Å². The molecule has 3 aromatic carbocycles. The summed E-state index contributed by atoms with van der Waals surface area (Å²) in [6.07, 6.45) is 3.30. The summed E-state index contributed by atoms with van der Waals surface area (Å²) in [5.74, 6) is 0.711. The Morgan fingerprint density at radius 1 is 0.944 bits per heavy atom. The van der Waals surface area contributed by atoms with Crippen molar-refractivity contribution in [2.24, 2.45) is 0 Å². The van der Waals surface area contributed by atoms with Crippen molar-refractivity contribution in [2.45, 2.75) is 25.2 Å². The topological polar surface area (TPSA) is 71.5 Å². The highest BCUT2D eigenvalue weighted by Gasteiger charge is 2.17. The summed E-state index contributed by atoms with van der Waals surface area (Å²) in [6.45, 7) is 1.37. The van der Waals surface area contributed by atoms with Crippen molar-refractivity contribution >= 4 is 23.4 Å². The van der Waals surface area contributed by atoms with Gasteiger partial charge in [0, 0.05) is 17.8 Å². The summed E-state index contributed by atoms with van der Waals surface area (Å²) in [5, 5.41) is 13.5. The van der Waals surface area contributed by atoms with Crippen LogP contribution in [0.2, 0.25) is 5.02 Å². The molecule has 0 amide bonds. The highest BCUT2D eigenvalue weighted by molar-refractivity contribution is 6.30. The van der Waals surface area contributed by atoms with Crippen LogP contribution < -0.4 is 10.1 Å². The van der Waals surface area contributed by atoms with Crippen LogP contribution in [0.3, 0.4) is 0 Å². The quantitative estimate of drug-likeness (QED) is 0.203. The summed E-state index contributed by atoms with van der Waals surface area (Å²) in [7, 11) is 0. The van der Waals surface area contributed by atoms with E-state index in [0.29, 0.717) is 18.1 Å². The predicted octanol–water partition coefficient (Wildman–Crippen LogP) is 7.08. The van der Waals surface area contributed by atoms with Gasteiger partial charge in [-0.25, -0.2) is 4.98 Å². The van der Waals surface area contributed by atoms with Gasteiger partial charge >= 0.3 is 5.97 Å². The normalized spacial score (nSPS) is 11.6. The molecule has 4 rings (SSSR count). The van der Waals surface area contributed by atoms with Gasteiger partial charge in [-0.05, 0) is 77.4 Å². The Bertz CT molecular complexity index is 1250. The molecule has 1 unspecified atom stereocenters. The number of carboxylic acid groups (broad SMARTS) is 1. The zero-order chi connectivity index (χ0) is 25.2. The fraction of sp³-hybridized carbons (Fsp3) is 0.200. The monoisotopic (exact) mass is 500 g/mol. The Balaban J connectivity index is 1.35. The number of benzene rings is 3. The van der Waals surface area contributed by atoms with Gasteiger partial charge in [-0.15, -0.1) is 0 Å². The average Bonchev–Trinajstić information content (AvgIpc) is 2.90. The molecule has 0 bridgehead atoms. The largest absolute Gasteiger partial charge is 0.494 e. The summed E-state index contributed by atoms with van der Waals surface area (Å²) >= 11 is 6.03. The number of halogens is 1. The first-order valence-corrected chi connectivity index (χ1v) is 12.4. The number of nitrogens with one attached hydrogen (secondary N) is 1. The van der Waals surface area contributed by atoms with Gasteiger partial charge in [0.2, 0.25) is 0 Å². The fourth-order valence-corrected chi connectivity index (χ4v) is 4.21. The molecule has 0 fully saturated rings. The summed E-state index contributed by atoms with van der Waals surface area (Å²) in [4.78, 5) is 15.9. The van der Waals surface area contributed by atoms with Gasteiger partial charge in [0.1, 0.15) is 11.6 Å². The van der Waals surface area contributed by atoms with E-state index < -0.39 is 5.97 Å². The van der Waals surface area contributed by atoms with Crippen LogP contribution in [0.5, 0.6) is 5.75 Å². The molecule has 184 valence electrons. The van der Waals surface area contributed by atoms with Crippen LogP contribution in [-0.4, -0.2) is 29.2 Å². The first-order chi connectivity index (χ1) is 17.6. The van der Waals surface area contributed by atoms with Crippen molar-refractivity contribution in [3.05, 3.63) is 113 Å². The molecule has 0 aliphatic rings. The van der Waals surface area contributed by atoms with Crippen LogP contribution in [0, 0.1) is 0 Å². The molecule has 1 heterocycles. The van der Waals surface area contributed by atoms with Gasteiger partial charge in [0.25, 0.3) is 0 Å². The lowest BCUT2D eigenvalue weighted by molar-refractivity contribution is -0.137. The molecule has 0 aliphatic carbocycles. The van der Waals surface area contributed by atoms with Crippen molar-refractivity contribution in [1.82, 2.24) is 4.98 Å². The summed E-state index contributed by atoms with van der Waals surface area (Å²) in [5.41, 5.74) is 4.17. The maximum atomic E-state index is 11.6. The average molecular weight is 501 g/mol. The molecule has 0 saturated heterocycles. The van der Waals surface area contributed by atoms with Gasteiger partial charge in [0.05, 0.1) is 13.0 Å². The number of carbonyl (C=O) groups is 1. The molecular formula is C30H29ClN2O3. The highest BCUT2D eigenvalue weighted by Crippen LogP contribution is 2.30. The number of aromatic nitrogens is 1. The zero-order valence-corrected chi connectivity index (χ0v) is 20.7. The molecule has 0 spiro atoms. The van der Waals surface area contributed by atoms with Gasteiger partial charge < -0.3 is 15.2 Å². The number of nitrogens with zero attached hydrogens (tertiary/aromatic N) is 1. The van der Waals surface area contributed by atoms with E-state index in [0.717, 1.165) is 46.8 Å². The third-order valence-corrected chi connectivity index (χ3v) is 6.17. The zero-order valence-electron chi connectivity index (χ0n) is 19.9. The SMILES string of the molecule is O=C(O)CC(Cc1ccc(OCCCNc2ccccn2)cc1)c1cccc(-c2ccc(Cl)cc2)c1. The second kappa shape index (κ2) is 12.8. The Hall–Kier alpha value is -3.83. The number of carboxylic acids is 1. The van der Waals surface area contributed by atoms with Crippen LogP contribution in [0.1, 0.15) is 29.9 Å². The third kappa shape index (κ3) is 7.59. The second-order valence-corrected chi connectivity index (χ2v) is 9.06. The van der Waals surface area contributed by atoms with E-state index in [1.807, 2.05) is 84.9 Å². The minimum atomic E-state index is -0.809. The van der Waals surface area contributed by atoms with Crippen LogP contribution >= 0.6 is 11.6 Å². The Kier molecular flexibility index (Phi) is 8.95. The molecule has 5 nitrogen and oxygen atoms in total. The standard InChI is InChI=1S/C30H29ClN2O3/c31-27-12-10-23(11-13-27)24-5-3-6-25(20-24)26(21-30(34)35)19-22-8-14-28(15-9-22)36-18-4-17-33-29-7-1-2-16-32-29/h1-3,5-16,20,26H,4,17-19,21H2,(H,32,33)(H,34,35). The van der Waals surface area contributed by atoms with E-state index in [1.165, 1.54) is 0 Å². The minimum absolute atomic E-state index is 0.0611. The van der Waals surface area contributed by atoms with Crippen molar-refractivity contribution in [2.75, 3.05) is 18.5 Å². The molecule has 2 N–H and O–H groups in total. The Labute approximate surface area is 216 Å². The lowest BCUT2D eigenvalue weighted by Gasteiger charge is -2.17. The molecule has 36 heavy (non-hydrogen) atoms. The van der Waals surface area contributed by atoms with Crippen LogP contribution in [0.4, 0.5) is 5.82 Å². The molecule has 4 aromatic rings. The molecule has 0 saturated carbocycles. The van der Waals surface area contributed by atoms with E-state index in [9.17, 15) is 9.90 Å². The fourth-order valence-electron chi connectivity index (χ4n) is 4.09. The van der Waals surface area contributed by atoms with Crippen molar-refractivity contribution < 1.29 is 14.6 Å². The maximum Gasteiger partial charge on any atom is 0.303 e. The number of anilines is 1. The Morgan fingerprint density at radius 3 is 2.47 bits per heavy atom. The first kappa shape index (κ1) is 25.3. The number of pyridine rings is 1. The molecule has 1 aromatic heterocycles. The number of hydrogen-bond acceptors (Lipinski definition) is 4. The highest BCUT2D eigenvalue weighted by atomic mass is 35.5. The van der Waals surface area contributed by atoms with Crippen molar-refractivity contribution in [3.63, 3.8) is 0 Å². The van der Waals surface area contributed by atoms with E-state index in [1.54, 1.807) is 6.20 Å². The van der Waals surface area contributed by atoms with Crippen LogP contribution in [0.25, 0.3) is 11.1 Å². The van der Waals surface area contributed by atoms with Gasteiger partial charge in [0.15, 0.2) is 0 Å². The third-order valence-electron chi connectivity index (χ3n) is 5.92. The van der Waals surface area contributed by atoms with Crippen LogP contribution in [0.15, 0.2) is 97.2 Å². The lowest BCUT2D eigenvalue weighted by atomic mass is 9.87. The van der Waals surface area contributed by atoms with E-state index >= 15 is 0 Å². The molecule has 1 atom stereocenters. The number of ether oxygens (including phenoxy) is 1. The molecule has 0 aliphatic heterocycles. The smallest absolute Gasteiger partial charge is 0.303 e. The van der Waals surface area contributed by atoms with E-state index in [4.69, 9.17) is 16.3 Å². The number of rotatable bonds is 12. The summed E-state index contributed by atoms with van der Waals surface area (Å²) in [6, 6.07) is 29.5. The second-order valence-electron chi connectivity index (χ2n) is 8.62. The van der Waals surface area contributed by atoms with Crippen LogP contribution in [-0.2, 0) is 11.2 Å². The Morgan fingerprint density at radius 2 is 1.75 bits per heavy atom. The van der Waals surface area contributed by atoms with E-state index in [-0.39, 0.29) is 12.3 Å². The van der Waals surface area contributed by atoms with Crippen molar-refractivity contribution in [3.8, 4) is 16.9 Å². The molecule has 6 heteroatoms. The maximum absolute atomic E-state index is 11.6. The predicted molar refractivity (Wildman–Crippen MR) is 145 cm³/mol. The van der Waals surface area contributed by atoms with E-state index in [2.05, 4.69) is 16.4 Å². The lowest BCUT2D eigenvalue weighted by Crippen LogP contribution is -2.10.